The first-order chi connectivity index (χ1) is 11.1. The minimum absolute atomic E-state index is 0.0652. The first kappa shape index (κ1) is 16.6. The molecule has 2 aliphatic rings. The molecule has 0 spiro atoms. The Balaban J connectivity index is 1.64. The molecule has 2 bridgehead atoms. The molecule has 2 unspecified atom stereocenters. The van der Waals surface area contributed by atoms with Crippen LogP contribution in [0.4, 0.5) is 5.69 Å². The highest BCUT2D eigenvalue weighted by molar-refractivity contribution is 6.32. The molecule has 23 heavy (non-hydrogen) atoms. The number of nitrogens with two attached hydrogens (primary N) is 1. The van der Waals surface area contributed by atoms with Gasteiger partial charge in [-0.25, -0.2) is 0 Å². The number of ether oxygens (including phenoxy) is 1. The van der Waals surface area contributed by atoms with Crippen molar-refractivity contribution in [2.45, 2.75) is 45.1 Å². The zero-order chi connectivity index (χ0) is 16.4. The topological polar surface area (TPSA) is 64.3 Å². The monoisotopic (exact) mass is 336 g/mol. The quantitative estimate of drug-likeness (QED) is 0.878. The molecule has 1 aromatic carbocycles. The second kappa shape index (κ2) is 7.10. The van der Waals surface area contributed by atoms with E-state index in [-0.39, 0.29) is 17.9 Å². The number of hydrogen-bond acceptors (Lipinski definition) is 3. The molecule has 2 atom stereocenters. The van der Waals surface area contributed by atoms with Crippen molar-refractivity contribution >= 4 is 23.2 Å². The summed E-state index contributed by atoms with van der Waals surface area (Å²) in [5.74, 6) is 1.80. The number of nitrogens with one attached hydrogen (secondary N) is 1. The number of hydrogen-bond donors (Lipinski definition) is 2. The highest BCUT2D eigenvalue weighted by Gasteiger charge is 2.40. The van der Waals surface area contributed by atoms with E-state index < -0.39 is 0 Å². The molecule has 0 radical (unpaired) electrons. The van der Waals surface area contributed by atoms with E-state index >= 15 is 0 Å². The van der Waals surface area contributed by atoms with Gasteiger partial charge in [-0.1, -0.05) is 18.0 Å². The Hall–Kier alpha value is -1.26. The summed E-state index contributed by atoms with van der Waals surface area (Å²) in [6, 6.07) is 5.67. The van der Waals surface area contributed by atoms with Crippen molar-refractivity contribution in [2.75, 3.05) is 11.9 Å². The Bertz CT molecular complexity index is 564. The fraction of sp³-hybridized carbons (Fsp3) is 0.611. The number of rotatable bonds is 4. The van der Waals surface area contributed by atoms with Crippen LogP contribution in [-0.4, -0.2) is 18.6 Å². The van der Waals surface area contributed by atoms with Crippen LogP contribution in [0.15, 0.2) is 18.2 Å². The van der Waals surface area contributed by atoms with Gasteiger partial charge in [-0.3, -0.25) is 4.79 Å². The number of halogens is 1. The molecular formula is C18H25ClN2O2. The molecule has 2 saturated carbocycles. The summed E-state index contributed by atoms with van der Waals surface area (Å²) < 4.78 is 5.42. The van der Waals surface area contributed by atoms with E-state index in [1.54, 1.807) is 12.1 Å². The maximum absolute atomic E-state index is 12.6. The summed E-state index contributed by atoms with van der Waals surface area (Å²) in [6.45, 7) is 2.48. The maximum Gasteiger partial charge on any atom is 0.227 e. The second-order valence-electron chi connectivity index (χ2n) is 6.76. The van der Waals surface area contributed by atoms with Gasteiger partial charge in [0, 0.05) is 17.6 Å². The van der Waals surface area contributed by atoms with Gasteiger partial charge in [-0.2, -0.15) is 0 Å². The van der Waals surface area contributed by atoms with Crippen molar-refractivity contribution < 1.29 is 9.53 Å². The van der Waals surface area contributed by atoms with Crippen LogP contribution in [0.25, 0.3) is 0 Å². The predicted octanol–water partition coefficient (Wildman–Crippen LogP) is 3.83. The van der Waals surface area contributed by atoms with Crippen molar-refractivity contribution in [3.8, 4) is 5.75 Å². The molecule has 4 nitrogen and oxygen atoms in total. The average molecular weight is 337 g/mol. The van der Waals surface area contributed by atoms with Gasteiger partial charge < -0.3 is 15.8 Å². The molecule has 3 N–H and O–H groups in total. The summed E-state index contributed by atoms with van der Waals surface area (Å²) in [6.07, 6.45) is 5.40. The predicted molar refractivity (Wildman–Crippen MR) is 92.8 cm³/mol. The first-order valence-electron chi connectivity index (χ1n) is 8.57. The van der Waals surface area contributed by atoms with Crippen molar-refractivity contribution in [1.82, 2.24) is 0 Å². The third kappa shape index (κ3) is 3.64. The molecular weight excluding hydrogens is 312 g/mol. The Morgan fingerprint density at radius 1 is 1.35 bits per heavy atom. The van der Waals surface area contributed by atoms with Gasteiger partial charge in [0.1, 0.15) is 5.75 Å². The summed E-state index contributed by atoms with van der Waals surface area (Å²) in [7, 11) is 0. The van der Waals surface area contributed by atoms with E-state index in [0.29, 0.717) is 29.2 Å². The van der Waals surface area contributed by atoms with Gasteiger partial charge in [0.05, 0.1) is 11.6 Å². The average Bonchev–Trinajstić information content (AvgIpc) is 2.50. The van der Waals surface area contributed by atoms with E-state index in [1.807, 2.05) is 13.0 Å². The van der Waals surface area contributed by atoms with Crippen LogP contribution >= 0.6 is 11.6 Å². The van der Waals surface area contributed by atoms with Crippen molar-refractivity contribution in [3.63, 3.8) is 0 Å². The number of benzene rings is 1. The van der Waals surface area contributed by atoms with E-state index in [2.05, 4.69) is 5.32 Å². The molecule has 0 aromatic heterocycles. The maximum atomic E-state index is 12.6. The zero-order valence-corrected chi connectivity index (χ0v) is 14.3. The van der Waals surface area contributed by atoms with Crippen molar-refractivity contribution in [2.24, 2.45) is 23.5 Å². The number of fused-ring (bicyclic) bond motifs is 2. The smallest absolute Gasteiger partial charge is 0.227 e. The van der Waals surface area contributed by atoms with Crippen LogP contribution in [0.3, 0.4) is 0 Å². The lowest BCUT2D eigenvalue weighted by Crippen LogP contribution is -2.48. The third-order valence-electron chi connectivity index (χ3n) is 5.28. The van der Waals surface area contributed by atoms with Crippen molar-refractivity contribution in [3.05, 3.63) is 23.2 Å². The normalized spacial score (nSPS) is 29.9. The van der Waals surface area contributed by atoms with Crippen LogP contribution in [0.2, 0.25) is 5.02 Å². The van der Waals surface area contributed by atoms with E-state index in [9.17, 15) is 4.79 Å². The molecule has 0 aliphatic heterocycles. The minimum Gasteiger partial charge on any atom is -0.492 e. The zero-order valence-electron chi connectivity index (χ0n) is 13.6. The highest BCUT2D eigenvalue weighted by Crippen LogP contribution is 2.42. The highest BCUT2D eigenvalue weighted by atomic mass is 35.5. The summed E-state index contributed by atoms with van der Waals surface area (Å²) in [5.41, 5.74) is 7.03. The van der Waals surface area contributed by atoms with Crippen molar-refractivity contribution in [1.29, 1.82) is 0 Å². The molecule has 2 fully saturated rings. The largest absolute Gasteiger partial charge is 0.492 e. The molecule has 1 amide bonds. The van der Waals surface area contributed by atoms with Crippen LogP contribution < -0.4 is 15.8 Å². The molecule has 0 saturated heterocycles. The standard InChI is InChI=1S/C18H25ClN2O2/c1-2-23-16-7-6-14(10-15(16)19)21-18(22)13-8-11-4-3-5-12(9-13)17(11)20/h6-7,10-13,17H,2-5,8-9,20H2,1H3,(H,21,22). The third-order valence-corrected chi connectivity index (χ3v) is 5.58. The molecule has 3 rings (SSSR count). The Morgan fingerprint density at radius 2 is 2.04 bits per heavy atom. The van der Waals surface area contributed by atoms with Crippen LogP contribution in [0, 0.1) is 17.8 Å². The van der Waals surface area contributed by atoms with Gasteiger partial charge in [0.15, 0.2) is 0 Å². The van der Waals surface area contributed by atoms with Gasteiger partial charge in [0.2, 0.25) is 5.91 Å². The number of amides is 1. The number of carbonyl (C=O) groups is 1. The fourth-order valence-corrected chi connectivity index (χ4v) is 4.33. The fourth-order valence-electron chi connectivity index (χ4n) is 4.10. The first-order valence-corrected chi connectivity index (χ1v) is 8.95. The van der Waals surface area contributed by atoms with Gasteiger partial charge in [-0.15, -0.1) is 0 Å². The van der Waals surface area contributed by atoms with Gasteiger partial charge in [-0.05, 0) is 62.6 Å². The lowest BCUT2D eigenvalue weighted by molar-refractivity contribution is -0.122. The second-order valence-corrected chi connectivity index (χ2v) is 7.17. The van der Waals surface area contributed by atoms with E-state index in [1.165, 1.54) is 6.42 Å². The molecule has 126 valence electrons. The number of anilines is 1. The Morgan fingerprint density at radius 3 is 2.65 bits per heavy atom. The lowest BCUT2D eigenvalue weighted by atomic mass is 9.65. The molecule has 0 heterocycles. The SMILES string of the molecule is CCOc1ccc(NC(=O)C2CC3CCCC(C2)C3N)cc1Cl. The van der Waals surface area contributed by atoms with E-state index in [0.717, 1.165) is 31.4 Å². The number of carbonyl (C=O) groups excluding carboxylic acids is 1. The molecule has 1 aromatic rings. The minimum atomic E-state index is 0.0652. The van der Waals surface area contributed by atoms with Gasteiger partial charge in [0.25, 0.3) is 0 Å². The van der Waals surface area contributed by atoms with Crippen LogP contribution in [0.1, 0.15) is 39.0 Å². The summed E-state index contributed by atoms with van der Waals surface area (Å²) in [5, 5.41) is 3.53. The molecule has 2 aliphatic carbocycles. The lowest BCUT2D eigenvalue weighted by Gasteiger charge is -2.43. The van der Waals surface area contributed by atoms with Crippen LogP contribution in [0.5, 0.6) is 5.75 Å². The molecule has 5 heteroatoms. The summed E-state index contributed by atoms with van der Waals surface area (Å²) >= 11 is 6.18. The Labute approximate surface area is 142 Å². The Kier molecular flexibility index (Phi) is 5.12. The van der Waals surface area contributed by atoms with Gasteiger partial charge >= 0.3 is 0 Å². The summed E-state index contributed by atoms with van der Waals surface area (Å²) in [4.78, 5) is 12.6. The van der Waals surface area contributed by atoms with E-state index in [4.69, 9.17) is 22.1 Å². The van der Waals surface area contributed by atoms with Crippen LogP contribution in [-0.2, 0) is 4.79 Å².